The Hall–Kier alpha value is -3.02. The second-order valence-electron chi connectivity index (χ2n) is 6.92. The van der Waals surface area contributed by atoms with E-state index >= 15 is 0 Å². The number of carbonyl (C=O) groups is 2. The summed E-state index contributed by atoms with van der Waals surface area (Å²) in [7, 11) is 0. The number of ether oxygens (including phenoxy) is 1. The van der Waals surface area contributed by atoms with Crippen LogP contribution >= 0.6 is 0 Å². The van der Waals surface area contributed by atoms with Gasteiger partial charge in [-0.2, -0.15) is 0 Å². The smallest absolute Gasteiger partial charge is 0.222 e. The van der Waals surface area contributed by atoms with Gasteiger partial charge in [-0.1, -0.05) is 0 Å². The van der Waals surface area contributed by atoms with Crippen LogP contribution in [0.4, 0.5) is 5.69 Å². The third kappa shape index (κ3) is 5.25. The van der Waals surface area contributed by atoms with Crippen LogP contribution in [0.15, 0.2) is 48.5 Å². The van der Waals surface area contributed by atoms with E-state index in [0.29, 0.717) is 43.9 Å². The van der Waals surface area contributed by atoms with Gasteiger partial charge in [0.05, 0.1) is 6.61 Å². The summed E-state index contributed by atoms with van der Waals surface area (Å²) in [6.45, 7) is 4.98. The molecule has 0 aliphatic carbocycles. The van der Waals surface area contributed by atoms with Crippen molar-refractivity contribution in [3.05, 3.63) is 54.1 Å². The molecular weight excluding hydrogens is 356 g/mol. The van der Waals surface area contributed by atoms with Gasteiger partial charge in [0, 0.05) is 43.9 Å². The van der Waals surface area contributed by atoms with E-state index < -0.39 is 0 Å². The lowest BCUT2D eigenvalue weighted by atomic mass is 10.1. The predicted octanol–water partition coefficient (Wildman–Crippen LogP) is 3.10. The number of rotatable bonds is 7. The molecule has 3 rings (SSSR count). The van der Waals surface area contributed by atoms with Crippen LogP contribution in [0.3, 0.4) is 0 Å². The van der Waals surface area contributed by atoms with E-state index in [-0.39, 0.29) is 17.4 Å². The first-order valence-electron chi connectivity index (χ1n) is 9.58. The van der Waals surface area contributed by atoms with Gasteiger partial charge in [-0.25, -0.2) is 0 Å². The minimum atomic E-state index is 0.0302. The highest BCUT2D eigenvalue weighted by Gasteiger charge is 2.20. The number of amides is 1. The lowest BCUT2D eigenvalue weighted by Crippen LogP contribution is -2.48. The molecule has 6 nitrogen and oxygen atoms in total. The zero-order chi connectivity index (χ0) is 19.9. The lowest BCUT2D eigenvalue weighted by molar-refractivity contribution is -0.131. The minimum Gasteiger partial charge on any atom is -0.508 e. The van der Waals surface area contributed by atoms with Gasteiger partial charge in [-0.05, 0) is 61.9 Å². The standard InChI is InChI=1S/C22H26N2O4/c1-17(25)18-4-10-21(11-5-18)28-16-2-3-22(27)24-14-12-23(13-15-24)19-6-8-20(26)9-7-19/h4-11,26H,2-3,12-16H2,1H3. The molecule has 28 heavy (non-hydrogen) atoms. The molecule has 1 heterocycles. The highest BCUT2D eigenvalue weighted by atomic mass is 16.5. The van der Waals surface area contributed by atoms with Gasteiger partial charge in [0.25, 0.3) is 0 Å². The number of phenolic OH excluding ortho intramolecular Hbond substituents is 1. The average Bonchev–Trinajstić information content (AvgIpc) is 2.72. The van der Waals surface area contributed by atoms with Crippen molar-refractivity contribution < 1.29 is 19.4 Å². The third-order valence-corrected chi connectivity index (χ3v) is 4.91. The molecule has 1 aliphatic heterocycles. The van der Waals surface area contributed by atoms with Crippen LogP contribution < -0.4 is 9.64 Å². The molecule has 1 aliphatic rings. The van der Waals surface area contributed by atoms with Crippen molar-refractivity contribution in [1.29, 1.82) is 0 Å². The number of aromatic hydroxyl groups is 1. The van der Waals surface area contributed by atoms with Crippen molar-refractivity contribution in [3.8, 4) is 11.5 Å². The summed E-state index contributed by atoms with van der Waals surface area (Å²) in [4.78, 5) is 27.8. The Morgan fingerprint density at radius 3 is 2.21 bits per heavy atom. The Morgan fingerprint density at radius 1 is 0.964 bits per heavy atom. The number of hydrogen-bond donors (Lipinski definition) is 1. The summed E-state index contributed by atoms with van der Waals surface area (Å²) in [5.74, 6) is 1.15. The molecule has 6 heteroatoms. The van der Waals surface area contributed by atoms with E-state index in [1.54, 1.807) is 36.4 Å². The maximum atomic E-state index is 12.4. The first-order chi connectivity index (χ1) is 13.5. The molecule has 1 amide bonds. The Kier molecular flexibility index (Phi) is 6.53. The molecule has 0 aromatic heterocycles. The maximum absolute atomic E-state index is 12.4. The van der Waals surface area contributed by atoms with E-state index in [1.807, 2.05) is 17.0 Å². The number of benzene rings is 2. The van der Waals surface area contributed by atoms with Gasteiger partial charge in [0.15, 0.2) is 5.78 Å². The molecule has 1 saturated heterocycles. The van der Waals surface area contributed by atoms with E-state index in [1.165, 1.54) is 6.92 Å². The van der Waals surface area contributed by atoms with Crippen molar-refractivity contribution in [1.82, 2.24) is 4.90 Å². The summed E-state index contributed by atoms with van der Waals surface area (Å²) >= 11 is 0. The second-order valence-corrected chi connectivity index (χ2v) is 6.92. The fourth-order valence-electron chi connectivity index (χ4n) is 3.23. The van der Waals surface area contributed by atoms with Gasteiger partial charge >= 0.3 is 0 Å². The van der Waals surface area contributed by atoms with Crippen molar-refractivity contribution in [3.63, 3.8) is 0 Å². The van der Waals surface area contributed by atoms with Crippen molar-refractivity contribution in [2.45, 2.75) is 19.8 Å². The highest BCUT2D eigenvalue weighted by molar-refractivity contribution is 5.94. The number of carbonyl (C=O) groups excluding carboxylic acids is 2. The Bertz CT molecular complexity index is 794. The SMILES string of the molecule is CC(=O)c1ccc(OCCCC(=O)N2CCN(c3ccc(O)cc3)CC2)cc1. The fraction of sp³-hybridized carbons (Fsp3) is 0.364. The number of nitrogens with zero attached hydrogens (tertiary/aromatic N) is 2. The fourth-order valence-corrected chi connectivity index (χ4v) is 3.23. The number of hydrogen-bond acceptors (Lipinski definition) is 5. The molecule has 1 N–H and O–H groups in total. The monoisotopic (exact) mass is 382 g/mol. The van der Waals surface area contributed by atoms with Crippen LogP contribution in [0, 0.1) is 0 Å². The number of anilines is 1. The van der Waals surface area contributed by atoms with Gasteiger partial charge in [-0.3, -0.25) is 9.59 Å². The van der Waals surface area contributed by atoms with Gasteiger partial charge in [0.1, 0.15) is 11.5 Å². The zero-order valence-electron chi connectivity index (χ0n) is 16.1. The topological polar surface area (TPSA) is 70.1 Å². The number of piperazine rings is 1. The Morgan fingerprint density at radius 2 is 1.61 bits per heavy atom. The summed E-state index contributed by atoms with van der Waals surface area (Å²) in [6.07, 6.45) is 1.12. The average molecular weight is 382 g/mol. The molecule has 0 spiro atoms. The van der Waals surface area contributed by atoms with E-state index in [0.717, 1.165) is 18.8 Å². The van der Waals surface area contributed by atoms with Crippen molar-refractivity contribution in [2.75, 3.05) is 37.7 Å². The molecule has 0 saturated carbocycles. The predicted molar refractivity (Wildman–Crippen MR) is 108 cm³/mol. The summed E-state index contributed by atoms with van der Waals surface area (Å²) < 4.78 is 5.65. The molecule has 0 unspecified atom stereocenters. The van der Waals surface area contributed by atoms with Crippen molar-refractivity contribution >= 4 is 17.4 Å². The van der Waals surface area contributed by atoms with Crippen LogP contribution in [-0.2, 0) is 4.79 Å². The summed E-state index contributed by atoms with van der Waals surface area (Å²) in [5, 5.41) is 9.38. The van der Waals surface area contributed by atoms with Crippen LogP contribution in [0.5, 0.6) is 11.5 Å². The van der Waals surface area contributed by atoms with Crippen LogP contribution in [0.25, 0.3) is 0 Å². The van der Waals surface area contributed by atoms with Crippen LogP contribution in [-0.4, -0.2) is 54.5 Å². The van der Waals surface area contributed by atoms with Crippen LogP contribution in [0.2, 0.25) is 0 Å². The quantitative estimate of drug-likeness (QED) is 0.589. The Labute approximate surface area is 165 Å². The molecule has 2 aromatic carbocycles. The van der Waals surface area contributed by atoms with Crippen LogP contribution in [0.1, 0.15) is 30.1 Å². The normalized spacial score (nSPS) is 14.0. The summed E-state index contributed by atoms with van der Waals surface area (Å²) in [5.41, 5.74) is 1.73. The first-order valence-corrected chi connectivity index (χ1v) is 9.58. The van der Waals surface area contributed by atoms with E-state index in [9.17, 15) is 14.7 Å². The Balaban J connectivity index is 1.36. The molecule has 2 aromatic rings. The van der Waals surface area contributed by atoms with Gasteiger partial charge in [-0.15, -0.1) is 0 Å². The molecule has 148 valence electrons. The second kappa shape index (κ2) is 9.26. The molecule has 0 radical (unpaired) electrons. The molecular formula is C22H26N2O4. The lowest BCUT2D eigenvalue weighted by Gasteiger charge is -2.36. The van der Waals surface area contributed by atoms with Gasteiger partial charge in [0.2, 0.25) is 5.91 Å². The zero-order valence-corrected chi connectivity index (χ0v) is 16.1. The van der Waals surface area contributed by atoms with Crippen molar-refractivity contribution in [2.24, 2.45) is 0 Å². The molecule has 0 atom stereocenters. The highest BCUT2D eigenvalue weighted by Crippen LogP contribution is 2.20. The summed E-state index contributed by atoms with van der Waals surface area (Å²) in [6, 6.07) is 14.2. The third-order valence-electron chi connectivity index (χ3n) is 4.91. The molecule has 1 fully saturated rings. The first kappa shape index (κ1) is 19.7. The van der Waals surface area contributed by atoms with E-state index in [4.69, 9.17) is 4.74 Å². The minimum absolute atomic E-state index is 0.0302. The number of ketones is 1. The molecule has 0 bridgehead atoms. The van der Waals surface area contributed by atoms with E-state index in [2.05, 4.69) is 4.90 Å². The maximum Gasteiger partial charge on any atom is 0.222 e. The number of phenols is 1. The largest absolute Gasteiger partial charge is 0.508 e. The number of Topliss-reactive ketones (excluding diaryl/α,β-unsaturated/α-hetero) is 1. The van der Waals surface area contributed by atoms with Gasteiger partial charge < -0.3 is 19.6 Å².